The number of fused-ring (bicyclic) bond motifs is 1. The van der Waals surface area contributed by atoms with Gasteiger partial charge in [-0.15, -0.1) is 4.72 Å². The van der Waals surface area contributed by atoms with Gasteiger partial charge in [-0.1, -0.05) is 18.2 Å². The molecule has 222 valence electrons. The molecule has 8 nitrogen and oxygen atoms in total. The molecule has 4 heterocycles. The third kappa shape index (κ3) is 4.55. The van der Waals surface area contributed by atoms with Gasteiger partial charge in [0, 0.05) is 47.2 Å². The summed E-state index contributed by atoms with van der Waals surface area (Å²) in [5.74, 6) is -0.456. The highest BCUT2D eigenvalue weighted by Gasteiger charge is 2.56. The fourth-order valence-corrected chi connectivity index (χ4v) is 7.98. The Morgan fingerprint density at radius 3 is 2.62 bits per heavy atom. The standard InChI is InChI=1S/C30H32F3N5O3S/c1-5-41-27(39)23-26(35-17(2)22(36-23)19-9-7-13-34-24(19)30(31,32)33)38-14-11-29(12-15-38)16-18-8-6-10-20-21(18)25(29)37-42(40)28(20,3)4/h6-10,13,25,37H,5,11-12,14-16H2,1-4H3/t25-,42?/m1/s1. The van der Waals surface area contributed by atoms with Crippen molar-refractivity contribution in [1.82, 2.24) is 19.7 Å². The van der Waals surface area contributed by atoms with Crippen molar-refractivity contribution in [3.63, 3.8) is 0 Å². The Kier molecular flexibility index (Phi) is 7.01. The number of halogens is 3. The number of aryl methyl sites for hydroxylation is 1. The molecule has 2 atom stereocenters. The van der Waals surface area contributed by atoms with E-state index in [2.05, 4.69) is 31.8 Å². The van der Waals surface area contributed by atoms with Gasteiger partial charge in [-0.3, -0.25) is 4.98 Å². The van der Waals surface area contributed by atoms with Crippen molar-refractivity contribution in [3.05, 3.63) is 70.3 Å². The van der Waals surface area contributed by atoms with E-state index in [4.69, 9.17) is 4.74 Å². The van der Waals surface area contributed by atoms with E-state index in [1.54, 1.807) is 13.8 Å². The Hall–Kier alpha value is -3.22. The Bertz CT molecular complexity index is 1560. The summed E-state index contributed by atoms with van der Waals surface area (Å²) in [5, 5.41) is 0. The average Bonchev–Trinajstić information content (AvgIpc) is 3.24. The van der Waals surface area contributed by atoms with E-state index < -0.39 is 33.9 Å². The second kappa shape index (κ2) is 10.2. The molecule has 1 unspecified atom stereocenters. The first kappa shape index (κ1) is 28.9. The molecular weight excluding hydrogens is 567 g/mol. The van der Waals surface area contributed by atoms with Crippen LogP contribution in [0.4, 0.5) is 19.0 Å². The third-order valence-corrected chi connectivity index (χ3v) is 10.5. The predicted molar refractivity (Wildman–Crippen MR) is 152 cm³/mol. The van der Waals surface area contributed by atoms with E-state index in [1.165, 1.54) is 23.3 Å². The van der Waals surface area contributed by atoms with E-state index in [0.717, 1.165) is 31.0 Å². The second-order valence-corrected chi connectivity index (χ2v) is 13.5. The van der Waals surface area contributed by atoms with Crippen LogP contribution >= 0.6 is 0 Å². The lowest BCUT2D eigenvalue weighted by molar-refractivity contribution is -0.140. The molecule has 0 bridgehead atoms. The molecule has 42 heavy (non-hydrogen) atoms. The van der Waals surface area contributed by atoms with Crippen LogP contribution in [0.3, 0.4) is 0 Å². The van der Waals surface area contributed by atoms with Crippen LogP contribution in [0.25, 0.3) is 11.3 Å². The molecule has 2 aromatic heterocycles. The van der Waals surface area contributed by atoms with Crippen molar-refractivity contribution in [3.8, 4) is 11.3 Å². The van der Waals surface area contributed by atoms with Gasteiger partial charge < -0.3 is 14.2 Å². The second-order valence-electron chi connectivity index (χ2n) is 11.7. The Labute approximate surface area is 245 Å². The third-order valence-electron chi connectivity index (χ3n) is 8.89. The maximum absolute atomic E-state index is 13.8. The molecule has 1 aromatic carbocycles. The van der Waals surface area contributed by atoms with E-state index in [-0.39, 0.29) is 40.7 Å². The first-order valence-electron chi connectivity index (χ1n) is 14.0. The number of ether oxygens (including phenoxy) is 1. The van der Waals surface area contributed by atoms with Crippen LogP contribution in [0.1, 0.15) is 78.2 Å². The lowest BCUT2D eigenvalue weighted by atomic mass is 9.72. The molecule has 0 saturated carbocycles. The lowest BCUT2D eigenvalue weighted by Crippen LogP contribution is -2.53. The van der Waals surface area contributed by atoms with Gasteiger partial charge in [0.15, 0.2) is 22.0 Å². The Morgan fingerprint density at radius 1 is 1.19 bits per heavy atom. The molecule has 1 N–H and O–H groups in total. The Morgan fingerprint density at radius 2 is 1.93 bits per heavy atom. The SMILES string of the molecule is CCOC(=O)c1nc(-c2cccnc2C(F)(F)F)c(C)nc1N1CCC2(CC1)Cc1cccc3c1[C@H]2N[S+]([O-])C3(C)C. The first-order chi connectivity index (χ1) is 19.9. The molecule has 1 aliphatic carbocycles. The summed E-state index contributed by atoms with van der Waals surface area (Å²) in [6.45, 7) is 8.39. The predicted octanol–water partition coefficient (Wildman–Crippen LogP) is 5.43. The monoisotopic (exact) mass is 599 g/mol. The maximum atomic E-state index is 13.8. The summed E-state index contributed by atoms with van der Waals surface area (Å²) in [5.41, 5.74) is 2.21. The van der Waals surface area contributed by atoms with Crippen molar-refractivity contribution < 1.29 is 27.3 Å². The number of carbonyl (C=O) groups excluding carboxylic acids is 1. The van der Waals surface area contributed by atoms with Gasteiger partial charge in [-0.25, -0.2) is 14.8 Å². The van der Waals surface area contributed by atoms with Crippen LogP contribution in [-0.4, -0.2) is 45.2 Å². The van der Waals surface area contributed by atoms with Gasteiger partial charge in [-0.2, -0.15) is 13.2 Å². The van der Waals surface area contributed by atoms with E-state index in [0.29, 0.717) is 18.9 Å². The van der Waals surface area contributed by atoms with Crippen molar-refractivity contribution >= 4 is 23.1 Å². The number of anilines is 1. The minimum absolute atomic E-state index is 0.0502. The number of carbonyl (C=O) groups is 1. The molecule has 3 aliphatic rings. The number of hydrogen-bond acceptors (Lipinski definition) is 8. The molecule has 6 rings (SSSR count). The summed E-state index contributed by atoms with van der Waals surface area (Å²) >= 11 is -1.26. The summed E-state index contributed by atoms with van der Waals surface area (Å²) in [6, 6.07) is 8.90. The number of esters is 1. The zero-order valence-electron chi connectivity index (χ0n) is 23.8. The van der Waals surface area contributed by atoms with Crippen molar-refractivity contribution in [2.24, 2.45) is 5.41 Å². The molecule has 2 aliphatic heterocycles. The molecule has 1 spiro atoms. The quantitative estimate of drug-likeness (QED) is 0.313. The van der Waals surface area contributed by atoms with Crippen molar-refractivity contribution in [2.45, 2.75) is 63.9 Å². The van der Waals surface area contributed by atoms with Crippen molar-refractivity contribution in [1.29, 1.82) is 0 Å². The highest BCUT2D eigenvalue weighted by molar-refractivity contribution is 7.90. The van der Waals surface area contributed by atoms with Gasteiger partial charge in [0.25, 0.3) is 0 Å². The van der Waals surface area contributed by atoms with E-state index >= 15 is 0 Å². The number of nitrogens with one attached hydrogen (secondary N) is 1. The zero-order valence-corrected chi connectivity index (χ0v) is 24.7. The van der Waals surface area contributed by atoms with Crippen LogP contribution in [0, 0.1) is 12.3 Å². The van der Waals surface area contributed by atoms with Crippen LogP contribution in [0.5, 0.6) is 0 Å². The molecule has 0 amide bonds. The zero-order chi connectivity index (χ0) is 30.0. The van der Waals surface area contributed by atoms with Gasteiger partial charge in [0.05, 0.1) is 24.0 Å². The summed E-state index contributed by atoms with van der Waals surface area (Å²) in [4.78, 5) is 27.7. The molecule has 1 saturated heterocycles. The molecule has 3 aromatic rings. The smallest absolute Gasteiger partial charge is 0.434 e. The number of nitrogens with zero attached hydrogens (tertiary/aromatic N) is 4. The van der Waals surface area contributed by atoms with Gasteiger partial charge in [0.1, 0.15) is 0 Å². The minimum atomic E-state index is -4.71. The summed E-state index contributed by atoms with van der Waals surface area (Å²) < 4.78 is 62.8. The summed E-state index contributed by atoms with van der Waals surface area (Å²) in [6.07, 6.45) is -1.31. The number of pyridine rings is 1. The number of hydrogen-bond donors (Lipinski definition) is 1. The number of piperidine rings is 1. The fraction of sp³-hybridized carbons (Fsp3) is 0.467. The topological polar surface area (TPSA) is 103 Å². The number of benzene rings is 1. The molecule has 1 fully saturated rings. The molecular formula is C30H32F3N5O3S. The fourth-order valence-electron chi connectivity index (χ4n) is 6.73. The summed E-state index contributed by atoms with van der Waals surface area (Å²) in [7, 11) is 0. The Balaban J connectivity index is 1.34. The minimum Gasteiger partial charge on any atom is -0.597 e. The first-order valence-corrected chi connectivity index (χ1v) is 15.2. The largest absolute Gasteiger partial charge is 0.597 e. The van der Waals surface area contributed by atoms with E-state index in [9.17, 15) is 22.5 Å². The number of aromatic nitrogens is 3. The maximum Gasteiger partial charge on any atom is 0.434 e. The van der Waals surface area contributed by atoms with Crippen LogP contribution < -0.4 is 9.62 Å². The highest BCUT2D eigenvalue weighted by atomic mass is 32.2. The van der Waals surface area contributed by atoms with Gasteiger partial charge in [0.2, 0.25) is 0 Å². The molecule has 0 radical (unpaired) electrons. The van der Waals surface area contributed by atoms with Gasteiger partial charge >= 0.3 is 12.1 Å². The normalized spacial score (nSPS) is 22.2. The van der Waals surface area contributed by atoms with Crippen LogP contribution in [-0.2, 0) is 33.4 Å². The van der Waals surface area contributed by atoms with Crippen LogP contribution in [0.2, 0.25) is 0 Å². The number of alkyl halides is 3. The number of rotatable bonds is 4. The van der Waals surface area contributed by atoms with Crippen LogP contribution in [0.15, 0.2) is 36.5 Å². The van der Waals surface area contributed by atoms with Crippen molar-refractivity contribution in [2.75, 3.05) is 24.6 Å². The van der Waals surface area contributed by atoms with Gasteiger partial charge in [-0.05, 0) is 70.2 Å². The highest BCUT2D eigenvalue weighted by Crippen LogP contribution is 2.57. The van der Waals surface area contributed by atoms with E-state index in [1.807, 2.05) is 24.8 Å². The lowest BCUT2D eigenvalue weighted by Gasteiger charge is -2.46. The average molecular weight is 600 g/mol. The molecule has 12 heteroatoms.